The molecule has 0 saturated carbocycles. The lowest BCUT2D eigenvalue weighted by Gasteiger charge is -2.24. The molecule has 1 aromatic heterocycles. The van der Waals surface area contributed by atoms with Gasteiger partial charge in [0.1, 0.15) is 11.5 Å². The first-order chi connectivity index (χ1) is 16.9. The van der Waals surface area contributed by atoms with E-state index in [0.717, 1.165) is 11.1 Å². The number of thiazole rings is 1. The van der Waals surface area contributed by atoms with Crippen molar-refractivity contribution in [1.29, 1.82) is 0 Å². The highest BCUT2D eigenvalue weighted by atomic mass is 35.5. The van der Waals surface area contributed by atoms with Gasteiger partial charge >= 0.3 is 5.97 Å². The van der Waals surface area contributed by atoms with Gasteiger partial charge in [0.15, 0.2) is 4.80 Å². The summed E-state index contributed by atoms with van der Waals surface area (Å²) in [6, 6.07) is 12.0. The minimum Gasteiger partial charge on any atom is -0.497 e. The lowest BCUT2D eigenvalue weighted by molar-refractivity contribution is -0.139. The van der Waals surface area contributed by atoms with E-state index in [9.17, 15) is 9.59 Å². The summed E-state index contributed by atoms with van der Waals surface area (Å²) in [5.41, 5.74) is 2.10. The van der Waals surface area contributed by atoms with Crippen molar-refractivity contribution < 1.29 is 19.0 Å². The van der Waals surface area contributed by atoms with E-state index < -0.39 is 12.0 Å². The number of ether oxygens (including phenoxy) is 3. The normalized spacial score (nSPS) is 15.5. The molecule has 0 radical (unpaired) electrons. The van der Waals surface area contributed by atoms with Gasteiger partial charge in [0.05, 0.1) is 47.2 Å². The second kappa shape index (κ2) is 10.5. The molecular weight excluding hydrogens is 488 g/mol. The molecule has 1 aliphatic rings. The van der Waals surface area contributed by atoms with Crippen LogP contribution in [0.3, 0.4) is 0 Å². The van der Waals surface area contributed by atoms with Crippen molar-refractivity contribution in [3.05, 3.63) is 89.6 Å². The van der Waals surface area contributed by atoms with Crippen LogP contribution < -0.4 is 24.4 Å². The van der Waals surface area contributed by atoms with Gasteiger partial charge < -0.3 is 14.2 Å². The molecule has 2 aromatic carbocycles. The van der Waals surface area contributed by atoms with Crippen LogP contribution in [0.5, 0.6) is 11.5 Å². The number of aromatic nitrogens is 1. The summed E-state index contributed by atoms with van der Waals surface area (Å²) < 4.78 is 18.1. The summed E-state index contributed by atoms with van der Waals surface area (Å²) in [6.45, 7) is 6.11. The minimum atomic E-state index is -0.678. The molecule has 0 N–H and O–H groups in total. The quantitative estimate of drug-likeness (QED) is 0.449. The number of carbonyl (C=O) groups is 1. The Balaban J connectivity index is 1.89. The number of benzene rings is 2. The van der Waals surface area contributed by atoms with Gasteiger partial charge in [-0.3, -0.25) is 9.36 Å². The van der Waals surface area contributed by atoms with Crippen LogP contribution in [0.25, 0.3) is 6.08 Å². The van der Waals surface area contributed by atoms with Gasteiger partial charge in [0.25, 0.3) is 5.56 Å². The first-order valence-electron chi connectivity index (χ1n) is 11.1. The Hall–Kier alpha value is -3.36. The van der Waals surface area contributed by atoms with E-state index in [-0.39, 0.29) is 12.2 Å². The largest absolute Gasteiger partial charge is 0.497 e. The van der Waals surface area contributed by atoms with Crippen LogP contribution in [0.1, 0.15) is 37.9 Å². The Kier molecular flexibility index (Phi) is 7.42. The molecule has 2 heterocycles. The third-order valence-corrected chi connectivity index (χ3v) is 6.78. The molecule has 0 spiro atoms. The number of nitrogens with zero attached hydrogens (tertiary/aromatic N) is 2. The summed E-state index contributed by atoms with van der Waals surface area (Å²) in [7, 11) is 1.58. The molecule has 0 unspecified atom stereocenters. The molecule has 182 valence electrons. The van der Waals surface area contributed by atoms with E-state index in [2.05, 4.69) is 4.99 Å². The summed E-state index contributed by atoms with van der Waals surface area (Å²) in [5, 5.41) is 0.463. The van der Waals surface area contributed by atoms with Crippen LogP contribution in [-0.2, 0) is 9.53 Å². The summed E-state index contributed by atoms with van der Waals surface area (Å²) in [4.78, 5) is 31.7. The fourth-order valence-electron chi connectivity index (χ4n) is 3.92. The van der Waals surface area contributed by atoms with Crippen molar-refractivity contribution in [2.75, 3.05) is 20.3 Å². The predicted octanol–water partition coefficient (Wildman–Crippen LogP) is 3.86. The van der Waals surface area contributed by atoms with Crippen LogP contribution >= 0.6 is 22.9 Å². The second-order valence-corrected chi connectivity index (χ2v) is 9.11. The number of halogens is 1. The molecule has 9 heteroatoms. The number of methoxy groups -OCH3 is 1. The van der Waals surface area contributed by atoms with Crippen LogP contribution in [-0.4, -0.2) is 30.9 Å². The molecule has 0 saturated heterocycles. The van der Waals surface area contributed by atoms with Gasteiger partial charge in [-0.2, -0.15) is 0 Å². The van der Waals surface area contributed by atoms with Gasteiger partial charge in [-0.1, -0.05) is 41.1 Å². The maximum Gasteiger partial charge on any atom is 0.338 e. The van der Waals surface area contributed by atoms with Crippen molar-refractivity contribution in [1.82, 2.24) is 4.57 Å². The number of carbonyl (C=O) groups excluding carboxylic acids is 1. The summed E-state index contributed by atoms with van der Waals surface area (Å²) in [6.07, 6.45) is 1.76. The average molecular weight is 513 g/mol. The van der Waals surface area contributed by atoms with Gasteiger partial charge in [-0.15, -0.1) is 0 Å². The van der Waals surface area contributed by atoms with Gasteiger partial charge in [-0.25, -0.2) is 9.79 Å². The van der Waals surface area contributed by atoms with Crippen molar-refractivity contribution >= 4 is 35.0 Å². The van der Waals surface area contributed by atoms with Gasteiger partial charge in [-0.05, 0) is 62.2 Å². The summed E-state index contributed by atoms with van der Waals surface area (Å²) in [5.74, 6) is 0.760. The fraction of sp³-hybridized carbons (Fsp3) is 0.269. The standard InChI is InChI=1S/C26H25ClN2O5S/c1-5-33-20-12-7-16(13-19(20)27)14-21-24(30)29-23(17-8-10-18(32-4)11-9-17)22(25(31)34-6-2)15(3)28-26(29)35-21/h7-14,23H,5-6H2,1-4H3/b21-14-/t23-/m0/s1. The van der Waals surface area contributed by atoms with Crippen molar-refractivity contribution in [2.24, 2.45) is 4.99 Å². The molecule has 7 nitrogen and oxygen atoms in total. The molecule has 0 bridgehead atoms. The van der Waals surface area contributed by atoms with Crippen LogP contribution in [0, 0.1) is 0 Å². The van der Waals surface area contributed by atoms with Crippen LogP contribution in [0.2, 0.25) is 5.02 Å². The minimum absolute atomic E-state index is 0.216. The number of hydrogen-bond donors (Lipinski definition) is 0. The lowest BCUT2D eigenvalue weighted by atomic mass is 9.96. The lowest BCUT2D eigenvalue weighted by Crippen LogP contribution is -2.39. The van der Waals surface area contributed by atoms with Gasteiger partial charge in [0, 0.05) is 0 Å². The highest BCUT2D eigenvalue weighted by Crippen LogP contribution is 2.31. The average Bonchev–Trinajstić information content (AvgIpc) is 3.14. The SMILES string of the molecule is CCOC(=O)C1=C(C)N=c2s/c(=C\c3ccc(OCC)c(Cl)c3)c(=O)n2[C@H]1c1ccc(OC)cc1. The highest BCUT2D eigenvalue weighted by molar-refractivity contribution is 7.07. The first kappa shape index (κ1) is 24.8. The number of rotatable bonds is 7. The Bertz CT molecular complexity index is 1470. The number of hydrogen-bond acceptors (Lipinski definition) is 7. The molecule has 4 rings (SSSR count). The Morgan fingerprint density at radius 2 is 1.91 bits per heavy atom. The Labute approximate surface area is 211 Å². The topological polar surface area (TPSA) is 79.1 Å². The molecule has 0 amide bonds. The van der Waals surface area contributed by atoms with E-state index in [1.165, 1.54) is 11.3 Å². The Morgan fingerprint density at radius 1 is 1.17 bits per heavy atom. The number of fused-ring (bicyclic) bond motifs is 1. The number of esters is 1. The zero-order valence-electron chi connectivity index (χ0n) is 19.8. The van der Waals surface area contributed by atoms with Crippen molar-refractivity contribution in [2.45, 2.75) is 26.8 Å². The maximum absolute atomic E-state index is 13.6. The predicted molar refractivity (Wildman–Crippen MR) is 136 cm³/mol. The third kappa shape index (κ3) is 4.90. The molecule has 1 aliphatic heterocycles. The van der Waals surface area contributed by atoms with Crippen LogP contribution in [0.4, 0.5) is 0 Å². The third-order valence-electron chi connectivity index (χ3n) is 5.50. The smallest absolute Gasteiger partial charge is 0.338 e. The summed E-state index contributed by atoms with van der Waals surface area (Å²) >= 11 is 7.59. The van der Waals surface area contributed by atoms with Crippen molar-refractivity contribution in [3.63, 3.8) is 0 Å². The molecule has 3 aromatic rings. The van der Waals surface area contributed by atoms with E-state index in [1.54, 1.807) is 55.9 Å². The Morgan fingerprint density at radius 3 is 2.54 bits per heavy atom. The van der Waals surface area contributed by atoms with E-state index >= 15 is 0 Å². The molecule has 35 heavy (non-hydrogen) atoms. The van der Waals surface area contributed by atoms with E-state index in [4.69, 9.17) is 25.8 Å². The van der Waals surface area contributed by atoms with Crippen LogP contribution in [0.15, 0.2) is 63.5 Å². The number of allylic oxidation sites excluding steroid dienone is 1. The molecule has 0 fully saturated rings. The van der Waals surface area contributed by atoms with Gasteiger partial charge in [0.2, 0.25) is 0 Å². The first-order valence-corrected chi connectivity index (χ1v) is 12.3. The van der Waals surface area contributed by atoms with Crippen molar-refractivity contribution in [3.8, 4) is 11.5 Å². The molecule has 0 aliphatic carbocycles. The zero-order valence-corrected chi connectivity index (χ0v) is 21.4. The molecular formula is C26H25ClN2O5S. The van der Waals surface area contributed by atoms with E-state index in [0.29, 0.717) is 43.7 Å². The maximum atomic E-state index is 13.6. The monoisotopic (exact) mass is 512 g/mol. The second-order valence-electron chi connectivity index (χ2n) is 7.70. The fourth-order valence-corrected chi connectivity index (χ4v) is 5.21. The van der Waals surface area contributed by atoms with E-state index in [1.807, 2.05) is 25.1 Å². The zero-order chi connectivity index (χ0) is 25.1. The highest BCUT2D eigenvalue weighted by Gasteiger charge is 2.33. The molecule has 1 atom stereocenters.